The molecule has 0 saturated heterocycles. The Kier molecular flexibility index (Phi) is 4.18. The molecular weight excluding hydrogens is 174 g/mol. The third kappa shape index (κ3) is 2.84. The topological polar surface area (TPSA) is 52.3 Å². The molecule has 12 heavy (non-hydrogen) atoms. The molecule has 0 bridgehead atoms. The van der Waals surface area contributed by atoms with Crippen molar-refractivity contribution in [2.24, 2.45) is 11.1 Å². The van der Waals surface area contributed by atoms with E-state index in [0.717, 1.165) is 0 Å². The quantitative estimate of drug-likeness (QED) is 0.715. The summed E-state index contributed by atoms with van der Waals surface area (Å²) in [6.07, 6.45) is 5.08. The number of nitrogens with two attached hydrogens (primary N) is 1. The molecule has 0 amide bonds. The number of hydrogen-bond acceptors (Lipinski definition) is 2. The van der Waals surface area contributed by atoms with E-state index in [4.69, 9.17) is 9.88 Å². The molecule has 0 spiro atoms. The number of methoxy groups -OCH3 is 1. The molecule has 0 aromatic heterocycles. The van der Waals surface area contributed by atoms with E-state index in [1.54, 1.807) is 7.11 Å². The van der Waals surface area contributed by atoms with E-state index < -0.39 is 11.0 Å². The predicted molar refractivity (Wildman–Crippen MR) is 50.0 cm³/mol. The van der Waals surface area contributed by atoms with E-state index in [9.17, 15) is 4.21 Å². The van der Waals surface area contributed by atoms with E-state index in [1.807, 2.05) is 0 Å². The van der Waals surface area contributed by atoms with Gasteiger partial charge in [-0.3, -0.25) is 5.14 Å². The van der Waals surface area contributed by atoms with Crippen LogP contribution in [0.25, 0.3) is 0 Å². The second-order valence-electron chi connectivity index (χ2n) is 3.37. The van der Waals surface area contributed by atoms with Crippen LogP contribution in [0.3, 0.4) is 0 Å². The normalized spacial score (nSPS) is 24.2. The third-order valence-corrected chi connectivity index (χ3v) is 3.21. The summed E-state index contributed by atoms with van der Waals surface area (Å²) in [6, 6.07) is 0. The van der Waals surface area contributed by atoms with Crippen LogP contribution in [0.1, 0.15) is 25.7 Å². The first-order valence-corrected chi connectivity index (χ1v) is 5.78. The standard InChI is InChI=1S/C8H17NO2S/c1-11-8(6-12(9)10)7-4-2-3-5-7/h7-8H,2-6,9H2,1H3. The van der Waals surface area contributed by atoms with Crippen LogP contribution in [-0.4, -0.2) is 23.2 Å². The molecule has 1 aliphatic rings. The van der Waals surface area contributed by atoms with Gasteiger partial charge in [0.2, 0.25) is 0 Å². The Bertz CT molecular complexity index is 157. The molecular formula is C8H17NO2S. The van der Waals surface area contributed by atoms with Crippen LogP contribution in [0, 0.1) is 5.92 Å². The minimum atomic E-state index is -1.22. The van der Waals surface area contributed by atoms with Gasteiger partial charge in [-0.05, 0) is 18.8 Å². The summed E-state index contributed by atoms with van der Waals surface area (Å²) >= 11 is 0. The van der Waals surface area contributed by atoms with Crippen LogP contribution in [0.4, 0.5) is 0 Å². The molecule has 1 aliphatic carbocycles. The lowest BCUT2D eigenvalue weighted by Gasteiger charge is -2.20. The van der Waals surface area contributed by atoms with E-state index in [-0.39, 0.29) is 6.10 Å². The van der Waals surface area contributed by atoms with Crippen LogP contribution in [0.2, 0.25) is 0 Å². The van der Waals surface area contributed by atoms with Crippen LogP contribution in [0.5, 0.6) is 0 Å². The Morgan fingerprint density at radius 3 is 2.58 bits per heavy atom. The van der Waals surface area contributed by atoms with Gasteiger partial charge in [0.1, 0.15) is 0 Å². The van der Waals surface area contributed by atoms with Gasteiger partial charge in [0.25, 0.3) is 0 Å². The van der Waals surface area contributed by atoms with Gasteiger partial charge in [-0.2, -0.15) is 0 Å². The fourth-order valence-corrected chi connectivity index (χ4v) is 2.62. The predicted octanol–water partition coefficient (Wildman–Crippen LogP) is 0.814. The van der Waals surface area contributed by atoms with Gasteiger partial charge in [0.15, 0.2) is 0 Å². The molecule has 0 aromatic rings. The Labute approximate surface area is 76.3 Å². The molecule has 72 valence electrons. The van der Waals surface area contributed by atoms with E-state index in [0.29, 0.717) is 11.7 Å². The summed E-state index contributed by atoms with van der Waals surface area (Å²) in [6.45, 7) is 0. The third-order valence-electron chi connectivity index (χ3n) is 2.56. The minimum absolute atomic E-state index is 0.110. The summed E-state index contributed by atoms with van der Waals surface area (Å²) in [4.78, 5) is 0. The zero-order valence-corrected chi connectivity index (χ0v) is 8.31. The maximum atomic E-state index is 10.8. The van der Waals surface area contributed by atoms with E-state index >= 15 is 0 Å². The van der Waals surface area contributed by atoms with Crippen LogP contribution < -0.4 is 5.14 Å². The van der Waals surface area contributed by atoms with Gasteiger partial charge < -0.3 is 4.74 Å². The molecule has 1 saturated carbocycles. The maximum absolute atomic E-state index is 10.8. The van der Waals surface area contributed by atoms with Crippen LogP contribution in [-0.2, 0) is 15.7 Å². The van der Waals surface area contributed by atoms with Gasteiger partial charge in [-0.25, -0.2) is 4.21 Å². The first kappa shape index (κ1) is 10.2. The molecule has 1 fully saturated rings. The van der Waals surface area contributed by atoms with Crippen molar-refractivity contribution in [1.29, 1.82) is 0 Å². The van der Waals surface area contributed by atoms with Crippen molar-refractivity contribution in [2.45, 2.75) is 31.8 Å². The number of rotatable bonds is 4. The van der Waals surface area contributed by atoms with Gasteiger partial charge in [0, 0.05) is 7.11 Å². The summed E-state index contributed by atoms with van der Waals surface area (Å²) in [5.74, 6) is 1.07. The number of hydrogen-bond donors (Lipinski definition) is 1. The van der Waals surface area contributed by atoms with Gasteiger partial charge in [-0.15, -0.1) is 0 Å². The second-order valence-corrected chi connectivity index (χ2v) is 4.46. The molecule has 0 radical (unpaired) electrons. The highest BCUT2D eigenvalue weighted by atomic mass is 32.2. The van der Waals surface area contributed by atoms with Crippen molar-refractivity contribution in [3.05, 3.63) is 0 Å². The molecule has 2 N–H and O–H groups in total. The van der Waals surface area contributed by atoms with Crippen molar-refractivity contribution >= 4 is 11.0 Å². The molecule has 1 rings (SSSR count). The molecule has 4 heteroatoms. The monoisotopic (exact) mass is 191 g/mol. The van der Waals surface area contributed by atoms with Crippen molar-refractivity contribution in [3.63, 3.8) is 0 Å². The van der Waals surface area contributed by atoms with Crippen molar-refractivity contribution in [3.8, 4) is 0 Å². The van der Waals surface area contributed by atoms with Crippen LogP contribution in [0.15, 0.2) is 0 Å². The highest BCUT2D eigenvalue weighted by Crippen LogP contribution is 2.29. The Balaban J connectivity index is 2.37. The molecule has 3 nitrogen and oxygen atoms in total. The summed E-state index contributed by atoms with van der Waals surface area (Å²) in [7, 11) is 0.460. The smallest absolute Gasteiger partial charge is 0.0914 e. The lowest BCUT2D eigenvalue weighted by atomic mass is 10.0. The highest BCUT2D eigenvalue weighted by molar-refractivity contribution is 7.82. The highest BCUT2D eigenvalue weighted by Gasteiger charge is 2.25. The summed E-state index contributed by atoms with van der Waals surface area (Å²) in [5.41, 5.74) is 0. The fourth-order valence-electron chi connectivity index (χ4n) is 1.89. The minimum Gasteiger partial charge on any atom is -0.380 e. The molecule has 2 atom stereocenters. The molecule has 2 unspecified atom stereocenters. The summed E-state index contributed by atoms with van der Waals surface area (Å²) in [5, 5.41) is 5.23. The van der Waals surface area contributed by atoms with Gasteiger partial charge in [0.05, 0.1) is 22.8 Å². The van der Waals surface area contributed by atoms with E-state index in [1.165, 1.54) is 25.7 Å². The lowest BCUT2D eigenvalue weighted by Crippen LogP contribution is -2.29. The lowest BCUT2D eigenvalue weighted by molar-refractivity contribution is 0.0725. The Morgan fingerprint density at radius 1 is 1.58 bits per heavy atom. The molecule has 0 aliphatic heterocycles. The zero-order chi connectivity index (χ0) is 8.97. The summed E-state index contributed by atoms with van der Waals surface area (Å²) < 4.78 is 16.1. The SMILES string of the molecule is COC(CS(N)=O)C1CCCC1. The van der Waals surface area contributed by atoms with Crippen molar-refractivity contribution < 1.29 is 8.95 Å². The zero-order valence-electron chi connectivity index (χ0n) is 7.49. The fraction of sp³-hybridized carbons (Fsp3) is 1.00. The number of ether oxygens (including phenoxy) is 1. The average molecular weight is 191 g/mol. The first-order valence-electron chi connectivity index (χ1n) is 4.39. The second kappa shape index (κ2) is 4.94. The average Bonchev–Trinajstić information content (AvgIpc) is 2.51. The Morgan fingerprint density at radius 2 is 2.17 bits per heavy atom. The van der Waals surface area contributed by atoms with Crippen LogP contribution >= 0.6 is 0 Å². The van der Waals surface area contributed by atoms with Crippen molar-refractivity contribution in [1.82, 2.24) is 0 Å². The first-order chi connectivity index (χ1) is 5.74. The largest absolute Gasteiger partial charge is 0.380 e. The van der Waals surface area contributed by atoms with Crippen molar-refractivity contribution in [2.75, 3.05) is 12.9 Å². The molecule has 0 aromatic carbocycles. The van der Waals surface area contributed by atoms with E-state index in [2.05, 4.69) is 0 Å². The van der Waals surface area contributed by atoms with Gasteiger partial charge in [-0.1, -0.05) is 12.8 Å². The molecule has 0 heterocycles. The van der Waals surface area contributed by atoms with Gasteiger partial charge >= 0.3 is 0 Å². The maximum Gasteiger partial charge on any atom is 0.0914 e. The Hall–Kier alpha value is 0.0700.